The summed E-state index contributed by atoms with van der Waals surface area (Å²) in [5, 5.41) is 3.17. The summed E-state index contributed by atoms with van der Waals surface area (Å²) in [4.78, 5) is 10.8. The fourth-order valence-corrected chi connectivity index (χ4v) is 5.45. The Labute approximate surface area is 98.2 Å². The van der Waals surface area contributed by atoms with Gasteiger partial charge in [0.15, 0.2) is 0 Å². The lowest BCUT2D eigenvalue weighted by Gasteiger charge is -2.61. The van der Waals surface area contributed by atoms with Gasteiger partial charge in [0.2, 0.25) is 6.41 Å². The van der Waals surface area contributed by atoms with Crippen LogP contribution in [-0.2, 0) is 4.79 Å². The number of carbonyl (C=O) groups is 1. The number of nitrogens with one attached hydrogen (secondary N) is 1. The molecule has 16 heavy (non-hydrogen) atoms. The molecule has 0 spiro atoms. The van der Waals surface area contributed by atoms with Crippen molar-refractivity contribution in [3.05, 3.63) is 0 Å². The van der Waals surface area contributed by atoms with E-state index < -0.39 is 0 Å². The normalized spacial score (nSPS) is 49.7. The average Bonchev–Trinajstić information content (AvgIpc) is 2.14. The van der Waals surface area contributed by atoms with E-state index in [1.165, 1.54) is 32.1 Å². The second-order valence-electron chi connectivity index (χ2n) is 6.83. The van der Waals surface area contributed by atoms with Crippen LogP contribution in [0.1, 0.15) is 46.0 Å². The predicted octanol–water partition coefficient (Wildman–Crippen LogP) is 2.58. The third-order valence-electron chi connectivity index (χ3n) is 5.48. The SMILES string of the molecule is CC(C)C1C2CC3CC1CC(NC=O)(C3)C2. The highest BCUT2D eigenvalue weighted by atomic mass is 16.1. The Balaban J connectivity index is 1.86. The summed E-state index contributed by atoms with van der Waals surface area (Å²) in [5.74, 6) is 4.43. The average molecular weight is 221 g/mol. The largest absolute Gasteiger partial charge is 0.353 e. The molecule has 1 N–H and O–H groups in total. The van der Waals surface area contributed by atoms with E-state index in [1.54, 1.807) is 0 Å². The molecule has 2 heteroatoms. The topological polar surface area (TPSA) is 29.1 Å². The molecule has 2 unspecified atom stereocenters. The van der Waals surface area contributed by atoms with Gasteiger partial charge in [-0.05, 0) is 61.7 Å². The first kappa shape index (κ1) is 10.6. The van der Waals surface area contributed by atoms with Crippen LogP contribution in [0.2, 0.25) is 0 Å². The van der Waals surface area contributed by atoms with Gasteiger partial charge in [-0.2, -0.15) is 0 Å². The molecule has 1 amide bonds. The molecule has 90 valence electrons. The van der Waals surface area contributed by atoms with Crippen molar-refractivity contribution in [1.82, 2.24) is 5.32 Å². The quantitative estimate of drug-likeness (QED) is 0.729. The summed E-state index contributed by atoms with van der Waals surface area (Å²) >= 11 is 0. The molecule has 0 aromatic heterocycles. The van der Waals surface area contributed by atoms with Gasteiger partial charge in [-0.3, -0.25) is 4.79 Å². The van der Waals surface area contributed by atoms with Gasteiger partial charge in [-0.25, -0.2) is 0 Å². The molecule has 0 saturated heterocycles. The van der Waals surface area contributed by atoms with Crippen molar-refractivity contribution in [3.63, 3.8) is 0 Å². The minimum absolute atomic E-state index is 0.198. The first-order chi connectivity index (χ1) is 7.63. The van der Waals surface area contributed by atoms with Crippen LogP contribution in [-0.4, -0.2) is 11.9 Å². The van der Waals surface area contributed by atoms with Crippen LogP contribution in [0.15, 0.2) is 0 Å². The van der Waals surface area contributed by atoms with E-state index in [2.05, 4.69) is 19.2 Å². The zero-order chi connectivity index (χ0) is 11.3. The Hall–Kier alpha value is -0.530. The molecule has 2 nitrogen and oxygen atoms in total. The van der Waals surface area contributed by atoms with Crippen LogP contribution in [0.4, 0.5) is 0 Å². The maximum absolute atomic E-state index is 10.8. The van der Waals surface area contributed by atoms with Gasteiger partial charge in [0, 0.05) is 5.54 Å². The first-order valence-corrected chi connectivity index (χ1v) is 6.85. The highest BCUT2D eigenvalue weighted by Gasteiger charge is 2.55. The van der Waals surface area contributed by atoms with E-state index in [1.807, 2.05) is 0 Å². The van der Waals surface area contributed by atoms with Crippen LogP contribution >= 0.6 is 0 Å². The molecule has 2 atom stereocenters. The fourth-order valence-electron chi connectivity index (χ4n) is 5.45. The number of carbonyl (C=O) groups excluding carboxylic acids is 1. The van der Waals surface area contributed by atoms with E-state index in [9.17, 15) is 4.79 Å². The molecule has 4 saturated carbocycles. The first-order valence-electron chi connectivity index (χ1n) is 6.85. The molecular formula is C14H23NO. The molecule has 4 fully saturated rings. The molecule has 0 aromatic carbocycles. The van der Waals surface area contributed by atoms with Crippen molar-refractivity contribution in [2.24, 2.45) is 29.6 Å². The molecule has 0 aliphatic heterocycles. The van der Waals surface area contributed by atoms with E-state index in [0.29, 0.717) is 0 Å². The Morgan fingerprint density at radius 2 is 1.81 bits per heavy atom. The van der Waals surface area contributed by atoms with Gasteiger partial charge in [-0.1, -0.05) is 13.8 Å². The van der Waals surface area contributed by atoms with Gasteiger partial charge in [0.05, 0.1) is 0 Å². The zero-order valence-corrected chi connectivity index (χ0v) is 10.4. The molecule has 4 bridgehead atoms. The minimum Gasteiger partial charge on any atom is -0.353 e. The fraction of sp³-hybridized carbons (Fsp3) is 0.929. The minimum atomic E-state index is 0.198. The van der Waals surface area contributed by atoms with Gasteiger partial charge in [-0.15, -0.1) is 0 Å². The summed E-state index contributed by atoms with van der Waals surface area (Å²) in [6, 6.07) is 0. The lowest BCUT2D eigenvalue weighted by molar-refractivity contribution is -0.119. The van der Waals surface area contributed by atoms with Gasteiger partial charge >= 0.3 is 0 Å². The van der Waals surface area contributed by atoms with E-state index in [4.69, 9.17) is 0 Å². The van der Waals surface area contributed by atoms with Crippen molar-refractivity contribution in [1.29, 1.82) is 0 Å². The lowest BCUT2D eigenvalue weighted by Crippen LogP contribution is -2.61. The predicted molar refractivity (Wildman–Crippen MR) is 63.8 cm³/mol. The van der Waals surface area contributed by atoms with E-state index in [0.717, 1.165) is 36.0 Å². The highest BCUT2D eigenvalue weighted by Crippen LogP contribution is 2.59. The molecule has 4 rings (SSSR count). The summed E-state index contributed by atoms with van der Waals surface area (Å²) < 4.78 is 0. The summed E-state index contributed by atoms with van der Waals surface area (Å²) in [6.07, 6.45) is 7.56. The maximum atomic E-state index is 10.8. The van der Waals surface area contributed by atoms with Gasteiger partial charge < -0.3 is 5.32 Å². The zero-order valence-electron chi connectivity index (χ0n) is 10.4. The van der Waals surface area contributed by atoms with Crippen molar-refractivity contribution in [2.45, 2.75) is 51.5 Å². The van der Waals surface area contributed by atoms with E-state index in [-0.39, 0.29) is 5.54 Å². The monoisotopic (exact) mass is 221 g/mol. The molecule has 0 radical (unpaired) electrons. The van der Waals surface area contributed by atoms with Crippen LogP contribution in [0.3, 0.4) is 0 Å². The second-order valence-corrected chi connectivity index (χ2v) is 6.83. The van der Waals surface area contributed by atoms with Crippen molar-refractivity contribution in [2.75, 3.05) is 0 Å². The Morgan fingerprint density at radius 1 is 1.19 bits per heavy atom. The summed E-state index contributed by atoms with van der Waals surface area (Å²) in [6.45, 7) is 4.76. The standard InChI is InChI=1S/C14H23NO/c1-9(2)13-11-3-10-4-12(13)7-14(5-10,6-11)15-8-16/h8-13H,3-7H2,1-2H3,(H,15,16). The van der Waals surface area contributed by atoms with Crippen LogP contribution in [0.25, 0.3) is 0 Å². The number of amides is 1. The molecular weight excluding hydrogens is 198 g/mol. The highest BCUT2D eigenvalue weighted by molar-refractivity contribution is 5.48. The van der Waals surface area contributed by atoms with Crippen molar-refractivity contribution in [3.8, 4) is 0 Å². The number of rotatable bonds is 3. The molecule has 0 heterocycles. The second kappa shape index (κ2) is 3.48. The Bertz CT molecular complexity index is 283. The van der Waals surface area contributed by atoms with Crippen LogP contribution < -0.4 is 5.32 Å². The van der Waals surface area contributed by atoms with Crippen molar-refractivity contribution >= 4 is 6.41 Å². The van der Waals surface area contributed by atoms with Gasteiger partial charge in [0.25, 0.3) is 0 Å². The molecule has 0 aromatic rings. The van der Waals surface area contributed by atoms with Crippen molar-refractivity contribution < 1.29 is 4.79 Å². The Morgan fingerprint density at radius 3 is 2.31 bits per heavy atom. The third kappa shape index (κ3) is 1.42. The van der Waals surface area contributed by atoms with Crippen LogP contribution in [0, 0.1) is 29.6 Å². The third-order valence-corrected chi connectivity index (χ3v) is 5.48. The summed E-state index contributed by atoms with van der Waals surface area (Å²) in [7, 11) is 0. The van der Waals surface area contributed by atoms with Crippen LogP contribution in [0.5, 0.6) is 0 Å². The van der Waals surface area contributed by atoms with Gasteiger partial charge in [0.1, 0.15) is 0 Å². The lowest BCUT2D eigenvalue weighted by atomic mass is 9.47. The number of hydrogen-bond donors (Lipinski definition) is 1. The maximum Gasteiger partial charge on any atom is 0.207 e. The molecule has 4 aliphatic carbocycles. The van der Waals surface area contributed by atoms with E-state index >= 15 is 0 Å². The Kier molecular flexibility index (Phi) is 2.31. The molecule has 4 aliphatic rings. The summed E-state index contributed by atoms with van der Waals surface area (Å²) in [5.41, 5.74) is 0.198. The smallest absolute Gasteiger partial charge is 0.207 e. The number of hydrogen-bond acceptors (Lipinski definition) is 1.